The third kappa shape index (κ3) is 4.61. The molecule has 9 heteroatoms. The van der Waals surface area contributed by atoms with Gasteiger partial charge in [0.2, 0.25) is 0 Å². The van der Waals surface area contributed by atoms with Crippen molar-refractivity contribution in [2.75, 3.05) is 7.11 Å². The predicted octanol–water partition coefficient (Wildman–Crippen LogP) is -0.891. The van der Waals surface area contributed by atoms with Gasteiger partial charge in [-0.1, -0.05) is 7.52 Å². The quantitative estimate of drug-likeness (QED) is 0.541. The molecule has 0 saturated heterocycles. The first kappa shape index (κ1) is 9.75. The molecular weight excluding hydrogens is 191 g/mol. The normalized spacial score (nSPS) is 13.4. The molecule has 62 valence electrons. The van der Waals surface area contributed by atoms with E-state index in [1.165, 1.54) is 0 Å². The lowest BCUT2D eigenvalue weighted by molar-refractivity contribution is 0.322. The van der Waals surface area contributed by atoms with Crippen molar-refractivity contribution in [3.63, 3.8) is 0 Å². The van der Waals surface area contributed by atoms with Crippen molar-refractivity contribution in [3.8, 4) is 0 Å². The summed E-state index contributed by atoms with van der Waals surface area (Å²) in [7, 11) is -9.62. The second-order valence-electron chi connectivity index (χ2n) is 1.04. The van der Waals surface area contributed by atoms with Crippen LogP contribution in [-0.4, -0.2) is 23.9 Å². The van der Waals surface area contributed by atoms with Gasteiger partial charge in [-0.05, 0) is 0 Å². The van der Waals surface area contributed by atoms with E-state index in [1.54, 1.807) is 0 Å². The molecule has 0 N–H and O–H groups in total. The summed E-state index contributed by atoms with van der Waals surface area (Å²) >= 11 is 0. The number of halogens is 1. The minimum absolute atomic E-state index is 0.626. The topological polar surface area (TPSA) is 86.7 Å². The van der Waals surface area contributed by atoms with Gasteiger partial charge in [0.25, 0.3) is 0 Å². The molecule has 0 fully saturated rings. The zero-order chi connectivity index (χ0) is 8.41. The molecule has 0 aromatic carbocycles. The van der Waals surface area contributed by atoms with E-state index in [-0.39, 0.29) is 0 Å². The highest BCUT2D eigenvalue weighted by Gasteiger charge is 2.20. The molecule has 0 saturated carbocycles. The summed E-state index contributed by atoms with van der Waals surface area (Å²) in [5.74, 6) is 0. The van der Waals surface area contributed by atoms with Crippen molar-refractivity contribution >= 4 is 20.9 Å². The molecule has 0 rings (SSSR count). The van der Waals surface area contributed by atoms with Gasteiger partial charge in [0.15, 0.2) is 0 Å². The molecule has 0 aliphatic heterocycles. The van der Waals surface area contributed by atoms with Crippen LogP contribution in [0.1, 0.15) is 0 Å². The van der Waals surface area contributed by atoms with Crippen LogP contribution in [0, 0.1) is 0 Å². The maximum absolute atomic E-state index is 11.4. The van der Waals surface area contributed by atoms with Crippen molar-refractivity contribution in [1.29, 1.82) is 0 Å². The lowest BCUT2D eigenvalue weighted by Gasteiger charge is -1.93. The summed E-state index contributed by atoms with van der Waals surface area (Å²) in [6.45, 7) is 0. The lowest BCUT2D eigenvalue weighted by Crippen LogP contribution is -2.10. The highest BCUT2D eigenvalue weighted by atomic mass is 32.3. The van der Waals surface area contributed by atoms with E-state index < -0.39 is 20.9 Å². The van der Waals surface area contributed by atoms with E-state index in [0.29, 0.717) is 7.11 Å². The molecule has 0 bridgehead atoms. The van der Waals surface area contributed by atoms with Crippen LogP contribution < -0.4 is 0 Å². The molecule has 0 heterocycles. The Morgan fingerprint density at radius 3 is 1.70 bits per heavy atom. The monoisotopic (exact) mass is 194 g/mol. The van der Waals surface area contributed by atoms with Crippen molar-refractivity contribution in [2.45, 2.75) is 0 Å². The van der Waals surface area contributed by atoms with Crippen molar-refractivity contribution in [1.82, 2.24) is 0 Å². The Balaban J connectivity index is 4.49. The minimum Gasteiger partial charge on any atom is -0.251 e. The zero-order valence-corrected chi connectivity index (χ0v) is 6.28. The molecule has 0 amide bonds. The van der Waals surface area contributed by atoms with Crippen LogP contribution in [0.2, 0.25) is 0 Å². The Morgan fingerprint density at radius 1 is 1.20 bits per heavy atom. The minimum atomic E-state index is -5.51. The smallest absolute Gasteiger partial charge is 0.251 e. The second-order valence-corrected chi connectivity index (χ2v) is 3.52. The molecule has 6 nitrogen and oxygen atoms in total. The first-order valence-electron chi connectivity index (χ1n) is 1.73. The van der Waals surface area contributed by atoms with Gasteiger partial charge in [0, 0.05) is 0 Å². The fourth-order valence-electron chi connectivity index (χ4n) is 0.127. The second kappa shape index (κ2) is 2.78. The first-order chi connectivity index (χ1) is 4.27. The van der Waals surface area contributed by atoms with Gasteiger partial charge in [-0.25, -0.2) is 0 Å². The third-order valence-electron chi connectivity index (χ3n) is 0.369. The van der Waals surface area contributed by atoms with Gasteiger partial charge in [-0.15, -0.1) is 0 Å². The fourth-order valence-corrected chi connectivity index (χ4v) is 1.15. The van der Waals surface area contributed by atoms with E-state index in [9.17, 15) is 20.7 Å². The van der Waals surface area contributed by atoms with E-state index in [1.807, 2.05) is 0 Å². The summed E-state index contributed by atoms with van der Waals surface area (Å²) in [5.41, 5.74) is 0. The number of hydrogen-bond donors (Lipinski definition) is 0. The Kier molecular flexibility index (Phi) is 2.71. The summed E-state index contributed by atoms with van der Waals surface area (Å²) in [6, 6.07) is 0. The average molecular weight is 194 g/mol. The molecule has 0 aliphatic carbocycles. The van der Waals surface area contributed by atoms with Crippen molar-refractivity contribution in [2.24, 2.45) is 0 Å². The van der Waals surface area contributed by atoms with Gasteiger partial charge in [-0.2, -0.15) is 16.8 Å². The summed E-state index contributed by atoms with van der Waals surface area (Å²) in [6.07, 6.45) is 0. The highest BCUT2D eigenvalue weighted by molar-refractivity contribution is 7.95. The standard InChI is InChI=1S/CH3FO6S2/c1-7-10(5,6)8-9(2,3)4/h1H3. The summed E-state index contributed by atoms with van der Waals surface area (Å²) in [5, 5.41) is 0. The summed E-state index contributed by atoms with van der Waals surface area (Å²) < 4.78 is 56.5. The van der Waals surface area contributed by atoms with Gasteiger partial charge in [-0.3, -0.25) is 4.18 Å². The fraction of sp³-hybridized carbons (Fsp3) is 1.00. The number of rotatable bonds is 3. The third-order valence-corrected chi connectivity index (χ3v) is 2.09. The maximum atomic E-state index is 11.4. The Labute approximate surface area is 57.3 Å². The molecule has 0 aliphatic rings. The molecular formula is CH3FO6S2. The van der Waals surface area contributed by atoms with Crippen LogP contribution in [-0.2, 0) is 28.7 Å². The zero-order valence-electron chi connectivity index (χ0n) is 4.64. The molecule has 0 atom stereocenters. The van der Waals surface area contributed by atoms with E-state index in [4.69, 9.17) is 0 Å². The highest BCUT2D eigenvalue weighted by Crippen LogP contribution is 2.01. The van der Waals surface area contributed by atoms with Crippen LogP contribution in [0.25, 0.3) is 0 Å². The van der Waals surface area contributed by atoms with Gasteiger partial charge < -0.3 is 0 Å². The molecule has 0 radical (unpaired) electrons. The van der Waals surface area contributed by atoms with Crippen molar-refractivity contribution in [3.05, 3.63) is 0 Å². The van der Waals surface area contributed by atoms with Crippen LogP contribution >= 0.6 is 0 Å². The van der Waals surface area contributed by atoms with E-state index in [0.717, 1.165) is 0 Å². The molecule has 0 spiro atoms. The van der Waals surface area contributed by atoms with Crippen LogP contribution in [0.15, 0.2) is 0 Å². The lowest BCUT2D eigenvalue weighted by atomic mass is 11.8. The average Bonchev–Trinajstić information content (AvgIpc) is 1.60. The van der Waals surface area contributed by atoms with Crippen LogP contribution in [0.4, 0.5) is 3.89 Å². The van der Waals surface area contributed by atoms with Crippen LogP contribution in [0.5, 0.6) is 0 Å². The molecule has 10 heavy (non-hydrogen) atoms. The largest absolute Gasteiger partial charge is 0.454 e. The predicted molar refractivity (Wildman–Crippen MR) is 27.0 cm³/mol. The molecule has 0 aromatic heterocycles. The van der Waals surface area contributed by atoms with E-state index >= 15 is 0 Å². The van der Waals surface area contributed by atoms with Gasteiger partial charge >= 0.3 is 20.9 Å². The Morgan fingerprint density at radius 2 is 1.60 bits per heavy atom. The number of hydrogen-bond acceptors (Lipinski definition) is 6. The maximum Gasteiger partial charge on any atom is 0.454 e. The molecule has 0 aromatic rings. The van der Waals surface area contributed by atoms with Crippen molar-refractivity contribution < 1.29 is 28.5 Å². The first-order valence-corrected chi connectivity index (χ1v) is 4.37. The van der Waals surface area contributed by atoms with E-state index in [2.05, 4.69) is 7.81 Å². The van der Waals surface area contributed by atoms with Crippen LogP contribution in [0.3, 0.4) is 0 Å². The Hall–Kier alpha value is -0.250. The summed E-state index contributed by atoms with van der Waals surface area (Å²) in [4.78, 5) is 0. The van der Waals surface area contributed by atoms with Gasteiger partial charge in [0.05, 0.1) is 7.11 Å². The SMILES string of the molecule is COS(=O)(=O)OS(=O)(=O)F. The Bertz CT molecular complexity index is 284. The molecule has 0 unspecified atom stereocenters. The van der Waals surface area contributed by atoms with Gasteiger partial charge in [0.1, 0.15) is 0 Å².